The number of aliphatic imine (C=N–C) groups is 1. The molecule has 7 heteroatoms. The van der Waals surface area contributed by atoms with Crippen molar-refractivity contribution in [2.24, 2.45) is 4.99 Å². The third-order valence-corrected chi connectivity index (χ3v) is 5.53. The Bertz CT molecular complexity index is 909. The molecule has 0 radical (unpaired) electrons. The Labute approximate surface area is 191 Å². The van der Waals surface area contributed by atoms with Crippen LogP contribution in [0.4, 0.5) is 5.69 Å². The summed E-state index contributed by atoms with van der Waals surface area (Å²) in [4.78, 5) is 18.6. The van der Waals surface area contributed by atoms with E-state index in [4.69, 9.17) is 9.73 Å². The van der Waals surface area contributed by atoms with Crippen LogP contribution in [0.15, 0.2) is 53.5 Å². The van der Waals surface area contributed by atoms with Crippen LogP contribution >= 0.6 is 0 Å². The molecule has 3 N–H and O–H groups in total. The maximum atomic E-state index is 11.3. The fourth-order valence-corrected chi connectivity index (χ4v) is 4.02. The van der Waals surface area contributed by atoms with Crippen LogP contribution < -0.4 is 20.7 Å². The lowest BCUT2D eigenvalue weighted by atomic mass is 10.1. The Morgan fingerprint density at radius 3 is 2.62 bits per heavy atom. The minimum Gasteiger partial charge on any atom is -0.497 e. The van der Waals surface area contributed by atoms with E-state index in [2.05, 4.69) is 46.0 Å². The predicted octanol–water partition coefficient (Wildman–Crippen LogP) is 3.55. The number of likely N-dealkylation sites (tertiary alicyclic amines) is 1. The molecule has 172 valence electrons. The summed E-state index contributed by atoms with van der Waals surface area (Å²) in [6.45, 7) is 7.85. The van der Waals surface area contributed by atoms with Crippen molar-refractivity contribution < 1.29 is 9.53 Å². The summed E-state index contributed by atoms with van der Waals surface area (Å²) in [5, 5.41) is 9.71. The van der Waals surface area contributed by atoms with Gasteiger partial charge in [0.05, 0.1) is 19.7 Å². The fraction of sp³-hybridized carbons (Fsp3) is 0.440. The average molecular weight is 438 g/mol. The molecular weight excluding hydrogens is 402 g/mol. The van der Waals surface area contributed by atoms with Crippen molar-refractivity contribution in [3.8, 4) is 5.75 Å². The third-order valence-electron chi connectivity index (χ3n) is 5.53. The average Bonchev–Trinajstić information content (AvgIpc) is 3.32. The molecule has 1 heterocycles. The van der Waals surface area contributed by atoms with Crippen LogP contribution in [0.25, 0.3) is 0 Å². The third kappa shape index (κ3) is 6.99. The van der Waals surface area contributed by atoms with Crippen LogP contribution in [0.2, 0.25) is 0 Å². The van der Waals surface area contributed by atoms with E-state index in [1.807, 2.05) is 30.3 Å². The molecule has 3 rings (SSSR count). The van der Waals surface area contributed by atoms with Crippen molar-refractivity contribution >= 4 is 17.6 Å². The van der Waals surface area contributed by atoms with Gasteiger partial charge in [0.25, 0.3) is 0 Å². The standard InChI is InChI=1S/C25H35N5O2/c1-4-26-25(27-17-20-9-7-11-22(15-20)29-19(2)31)28-18-24(30-13-5-6-14-30)21-10-8-12-23(16-21)32-3/h7-12,15-16,24H,4-6,13-14,17-18H2,1-3H3,(H,29,31)(H2,26,27,28). The maximum Gasteiger partial charge on any atom is 0.221 e. The van der Waals surface area contributed by atoms with Crippen LogP contribution in [0.1, 0.15) is 43.9 Å². The first kappa shape index (κ1) is 23.6. The van der Waals surface area contributed by atoms with Crippen molar-refractivity contribution in [1.82, 2.24) is 15.5 Å². The zero-order valence-corrected chi connectivity index (χ0v) is 19.4. The summed E-state index contributed by atoms with van der Waals surface area (Å²) in [7, 11) is 1.71. The highest BCUT2D eigenvalue weighted by atomic mass is 16.5. The maximum absolute atomic E-state index is 11.3. The first-order chi connectivity index (χ1) is 15.6. The Kier molecular flexibility index (Phi) is 8.92. The van der Waals surface area contributed by atoms with E-state index >= 15 is 0 Å². The van der Waals surface area contributed by atoms with E-state index in [9.17, 15) is 4.79 Å². The molecular formula is C25H35N5O2. The molecule has 2 aromatic rings. The molecule has 1 aliphatic heterocycles. The number of hydrogen-bond acceptors (Lipinski definition) is 4. The van der Waals surface area contributed by atoms with Crippen molar-refractivity contribution in [2.75, 3.05) is 38.6 Å². The second-order valence-corrected chi connectivity index (χ2v) is 7.99. The highest BCUT2D eigenvalue weighted by Gasteiger charge is 2.24. The number of benzene rings is 2. The quantitative estimate of drug-likeness (QED) is 0.413. The Hall–Kier alpha value is -3.06. The van der Waals surface area contributed by atoms with E-state index in [1.165, 1.54) is 25.3 Å². The summed E-state index contributed by atoms with van der Waals surface area (Å²) in [6, 6.07) is 16.4. The van der Waals surface area contributed by atoms with E-state index in [-0.39, 0.29) is 11.9 Å². The number of nitrogens with one attached hydrogen (secondary N) is 3. The number of rotatable bonds is 9. The first-order valence-electron chi connectivity index (χ1n) is 11.4. The monoisotopic (exact) mass is 437 g/mol. The predicted molar refractivity (Wildman–Crippen MR) is 130 cm³/mol. The molecule has 0 saturated carbocycles. The Morgan fingerprint density at radius 2 is 1.91 bits per heavy atom. The molecule has 0 bridgehead atoms. The van der Waals surface area contributed by atoms with Gasteiger partial charge in [0.1, 0.15) is 5.75 Å². The number of guanidine groups is 1. The normalized spacial score (nSPS) is 15.3. The van der Waals surface area contributed by atoms with E-state index in [0.717, 1.165) is 49.1 Å². The summed E-state index contributed by atoms with van der Waals surface area (Å²) < 4.78 is 5.45. The van der Waals surface area contributed by atoms with Gasteiger partial charge in [-0.05, 0) is 68.2 Å². The zero-order chi connectivity index (χ0) is 22.8. The largest absolute Gasteiger partial charge is 0.497 e. The minimum atomic E-state index is -0.0776. The highest BCUT2D eigenvalue weighted by Crippen LogP contribution is 2.27. The molecule has 0 aromatic heterocycles. The lowest BCUT2D eigenvalue weighted by Crippen LogP contribution is -2.42. The Morgan fingerprint density at radius 1 is 1.12 bits per heavy atom. The molecule has 1 amide bonds. The van der Waals surface area contributed by atoms with Crippen LogP contribution in [-0.2, 0) is 11.3 Å². The second kappa shape index (κ2) is 12.1. The van der Waals surface area contributed by atoms with E-state index < -0.39 is 0 Å². The van der Waals surface area contributed by atoms with Crippen LogP contribution in [0, 0.1) is 0 Å². The van der Waals surface area contributed by atoms with Crippen LogP contribution in [-0.4, -0.2) is 50.1 Å². The van der Waals surface area contributed by atoms with Crippen molar-refractivity contribution in [3.05, 3.63) is 59.7 Å². The molecule has 1 fully saturated rings. The number of ether oxygens (including phenoxy) is 1. The van der Waals surface area contributed by atoms with E-state index in [1.54, 1.807) is 7.11 Å². The molecule has 1 aliphatic rings. The van der Waals surface area contributed by atoms with E-state index in [0.29, 0.717) is 6.54 Å². The zero-order valence-electron chi connectivity index (χ0n) is 19.4. The smallest absolute Gasteiger partial charge is 0.221 e. The number of carbonyl (C=O) groups is 1. The molecule has 0 spiro atoms. The number of amides is 1. The van der Waals surface area contributed by atoms with Gasteiger partial charge < -0.3 is 20.7 Å². The highest BCUT2D eigenvalue weighted by molar-refractivity contribution is 5.88. The lowest BCUT2D eigenvalue weighted by molar-refractivity contribution is -0.114. The van der Waals surface area contributed by atoms with Gasteiger partial charge in [-0.15, -0.1) is 0 Å². The van der Waals surface area contributed by atoms with Crippen LogP contribution in [0.3, 0.4) is 0 Å². The minimum absolute atomic E-state index is 0.0776. The van der Waals surface area contributed by atoms with Gasteiger partial charge in [-0.1, -0.05) is 24.3 Å². The van der Waals surface area contributed by atoms with Gasteiger partial charge in [0.2, 0.25) is 5.91 Å². The molecule has 1 saturated heterocycles. The molecule has 7 nitrogen and oxygen atoms in total. The Balaban J connectivity index is 1.71. The summed E-state index contributed by atoms with van der Waals surface area (Å²) in [6.07, 6.45) is 2.47. The SMILES string of the molecule is CCNC(=NCc1cccc(NC(C)=O)c1)NCC(c1cccc(OC)c1)N1CCCC1. The van der Waals surface area contributed by atoms with Crippen molar-refractivity contribution in [3.63, 3.8) is 0 Å². The summed E-state index contributed by atoms with van der Waals surface area (Å²) >= 11 is 0. The van der Waals surface area contributed by atoms with Gasteiger partial charge in [0, 0.05) is 25.7 Å². The van der Waals surface area contributed by atoms with Gasteiger partial charge in [0.15, 0.2) is 5.96 Å². The topological polar surface area (TPSA) is 78.0 Å². The molecule has 1 unspecified atom stereocenters. The molecule has 1 atom stereocenters. The lowest BCUT2D eigenvalue weighted by Gasteiger charge is -2.29. The number of anilines is 1. The van der Waals surface area contributed by atoms with Crippen molar-refractivity contribution in [2.45, 2.75) is 39.3 Å². The van der Waals surface area contributed by atoms with Gasteiger partial charge in [-0.25, -0.2) is 4.99 Å². The number of methoxy groups -OCH3 is 1. The van der Waals surface area contributed by atoms with Gasteiger partial charge in [-0.2, -0.15) is 0 Å². The summed E-state index contributed by atoms with van der Waals surface area (Å²) in [5.41, 5.74) is 3.07. The number of nitrogens with zero attached hydrogens (tertiary/aromatic N) is 2. The number of carbonyl (C=O) groups excluding carboxylic acids is 1. The summed E-state index contributed by atoms with van der Waals surface area (Å²) in [5.74, 6) is 1.59. The molecule has 2 aromatic carbocycles. The number of hydrogen-bond donors (Lipinski definition) is 3. The fourth-order valence-electron chi connectivity index (χ4n) is 4.02. The van der Waals surface area contributed by atoms with Crippen LogP contribution in [0.5, 0.6) is 5.75 Å². The van der Waals surface area contributed by atoms with Crippen molar-refractivity contribution in [1.29, 1.82) is 0 Å². The van der Waals surface area contributed by atoms with Gasteiger partial charge >= 0.3 is 0 Å². The first-order valence-corrected chi connectivity index (χ1v) is 11.4. The second-order valence-electron chi connectivity index (χ2n) is 7.99. The molecule has 32 heavy (non-hydrogen) atoms. The van der Waals surface area contributed by atoms with Gasteiger partial charge in [-0.3, -0.25) is 9.69 Å². The molecule has 0 aliphatic carbocycles.